The number of carbonyl (C=O) groups is 1. The van der Waals surface area contributed by atoms with Gasteiger partial charge in [0.15, 0.2) is 0 Å². The summed E-state index contributed by atoms with van der Waals surface area (Å²) in [5, 5.41) is 0. The molecule has 1 amide bonds. The van der Waals surface area contributed by atoms with E-state index in [1.54, 1.807) is 0 Å². The molecule has 0 aliphatic heterocycles. The second kappa shape index (κ2) is 7.62. The van der Waals surface area contributed by atoms with Crippen molar-refractivity contribution in [3.8, 4) is 0 Å². The largest absolute Gasteiger partial charge is 0.449 e. The third-order valence-corrected chi connectivity index (χ3v) is 3.42. The van der Waals surface area contributed by atoms with Gasteiger partial charge in [-0.25, -0.2) is 4.79 Å². The number of carbonyl (C=O) groups excluding carboxylic acids is 1. The summed E-state index contributed by atoms with van der Waals surface area (Å²) in [7, 11) is 0. The molecule has 1 aliphatic carbocycles. The molecule has 1 saturated carbocycles. The van der Waals surface area contributed by atoms with E-state index in [-0.39, 0.29) is 6.09 Å². The first-order valence-electron chi connectivity index (χ1n) is 7.23. The summed E-state index contributed by atoms with van der Waals surface area (Å²) in [6.07, 6.45) is 4.88. The van der Waals surface area contributed by atoms with Crippen LogP contribution in [0.2, 0.25) is 0 Å². The minimum Gasteiger partial charge on any atom is -0.449 e. The van der Waals surface area contributed by atoms with Crippen LogP contribution in [0, 0.1) is 5.92 Å². The number of amides is 1. The zero-order valence-corrected chi connectivity index (χ0v) is 12.0. The monoisotopic (exact) mass is 256 g/mol. The molecule has 0 heterocycles. The lowest BCUT2D eigenvalue weighted by atomic mass is 9.91. The zero-order valence-electron chi connectivity index (χ0n) is 12.0. The lowest BCUT2D eigenvalue weighted by molar-refractivity contribution is 0.0677. The average Bonchev–Trinajstić information content (AvgIpc) is 2.34. The van der Waals surface area contributed by atoms with Gasteiger partial charge in [-0.2, -0.15) is 0 Å². The van der Waals surface area contributed by atoms with E-state index in [4.69, 9.17) is 10.5 Å². The third-order valence-electron chi connectivity index (χ3n) is 3.42. The molecule has 4 nitrogen and oxygen atoms in total. The summed E-state index contributed by atoms with van der Waals surface area (Å²) in [5.74, 6) is 0.386. The Bertz CT molecular complexity index is 248. The predicted molar refractivity (Wildman–Crippen MR) is 73.4 cm³/mol. The molecule has 106 valence electrons. The molecule has 0 spiro atoms. The zero-order chi connectivity index (χ0) is 13.5. The third kappa shape index (κ3) is 4.84. The van der Waals surface area contributed by atoms with Gasteiger partial charge in [0.05, 0.1) is 6.61 Å². The maximum absolute atomic E-state index is 12.1. The molecular weight excluding hydrogens is 228 g/mol. The Morgan fingerprint density at radius 2 is 1.94 bits per heavy atom. The second-order valence-corrected chi connectivity index (χ2v) is 5.73. The molecule has 4 heteroatoms. The van der Waals surface area contributed by atoms with Gasteiger partial charge in [0.1, 0.15) is 0 Å². The van der Waals surface area contributed by atoms with Crippen molar-refractivity contribution in [3.05, 3.63) is 0 Å². The van der Waals surface area contributed by atoms with E-state index in [1.165, 1.54) is 0 Å². The highest BCUT2D eigenvalue weighted by atomic mass is 16.6. The van der Waals surface area contributed by atoms with Gasteiger partial charge in [-0.05, 0) is 38.0 Å². The van der Waals surface area contributed by atoms with Crippen molar-refractivity contribution < 1.29 is 9.53 Å². The molecule has 0 aromatic rings. The highest BCUT2D eigenvalue weighted by Crippen LogP contribution is 2.23. The summed E-state index contributed by atoms with van der Waals surface area (Å²) in [4.78, 5) is 14.0. The van der Waals surface area contributed by atoms with Crippen LogP contribution in [0.4, 0.5) is 4.79 Å². The van der Waals surface area contributed by atoms with Gasteiger partial charge in [-0.3, -0.25) is 0 Å². The molecule has 1 fully saturated rings. The Hall–Kier alpha value is -0.770. The lowest BCUT2D eigenvalue weighted by Crippen LogP contribution is -2.45. The summed E-state index contributed by atoms with van der Waals surface area (Å²) in [5.41, 5.74) is 5.91. The quantitative estimate of drug-likeness (QED) is 0.823. The molecule has 1 rings (SSSR count). The number of hydrogen-bond donors (Lipinski definition) is 1. The van der Waals surface area contributed by atoms with Crippen molar-refractivity contribution in [2.45, 2.75) is 65.0 Å². The Morgan fingerprint density at radius 1 is 1.33 bits per heavy atom. The molecule has 2 N–H and O–H groups in total. The molecule has 0 aromatic heterocycles. The first kappa shape index (κ1) is 15.3. The molecular formula is C14H28N2O2. The van der Waals surface area contributed by atoms with Crippen LogP contribution in [0.3, 0.4) is 0 Å². The average molecular weight is 256 g/mol. The molecule has 0 saturated heterocycles. The number of hydrogen-bond acceptors (Lipinski definition) is 3. The highest BCUT2D eigenvalue weighted by molar-refractivity contribution is 5.68. The van der Waals surface area contributed by atoms with Crippen molar-refractivity contribution in [1.82, 2.24) is 4.90 Å². The van der Waals surface area contributed by atoms with Gasteiger partial charge < -0.3 is 15.4 Å². The lowest BCUT2D eigenvalue weighted by Gasteiger charge is -2.35. The topological polar surface area (TPSA) is 55.6 Å². The minimum absolute atomic E-state index is 0.147. The maximum Gasteiger partial charge on any atom is 0.410 e. The van der Waals surface area contributed by atoms with Gasteiger partial charge in [0.25, 0.3) is 0 Å². The predicted octanol–water partition coefficient (Wildman–Crippen LogP) is 2.76. The van der Waals surface area contributed by atoms with Crippen LogP contribution >= 0.6 is 0 Å². The Balaban J connectivity index is 2.49. The number of nitrogens with two attached hydrogens (primary N) is 1. The van der Waals surface area contributed by atoms with Crippen molar-refractivity contribution in [2.75, 3.05) is 13.2 Å². The number of rotatable bonds is 5. The molecule has 0 aromatic carbocycles. The van der Waals surface area contributed by atoms with Gasteiger partial charge in [-0.15, -0.1) is 0 Å². The van der Waals surface area contributed by atoms with Crippen LogP contribution in [0.5, 0.6) is 0 Å². The van der Waals surface area contributed by atoms with Gasteiger partial charge in [0, 0.05) is 18.6 Å². The van der Waals surface area contributed by atoms with E-state index >= 15 is 0 Å². The van der Waals surface area contributed by atoms with Gasteiger partial charge in [-0.1, -0.05) is 20.8 Å². The van der Waals surface area contributed by atoms with Crippen molar-refractivity contribution in [3.63, 3.8) is 0 Å². The van der Waals surface area contributed by atoms with E-state index < -0.39 is 0 Å². The summed E-state index contributed by atoms with van der Waals surface area (Å²) >= 11 is 0. The first-order chi connectivity index (χ1) is 8.54. The van der Waals surface area contributed by atoms with Crippen LogP contribution in [-0.4, -0.2) is 36.2 Å². The highest BCUT2D eigenvalue weighted by Gasteiger charge is 2.28. The van der Waals surface area contributed by atoms with Crippen LogP contribution in [0.1, 0.15) is 52.9 Å². The fourth-order valence-corrected chi connectivity index (χ4v) is 2.40. The van der Waals surface area contributed by atoms with Crippen LogP contribution in [0.15, 0.2) is 0 Å². The normalized spacial score (nSPS) is 24.1. The molecule has 0 unspecified atom stereocenters. The van der Waals surface area contributed by atoms with E-state index in [2.05, 4.69) is 20.8 Å². The van der Waals surface area contributed by atoms with E-state index in [1.807, 2.05) is 4.90 Å². The Labute approximate surface area is 111 Å². The number of nitrogens with zero attached hydrogens (tertiary/aromatic N) is 1. The van der Waals surface area contributed by atoms with E-state index in [0.717, 1.165) is 38.6 Å². The molecule has 18 heavy (non-hydrogen) atoms. The number of ether oxygens (including phenoxy) is 1. The van der Waals surface area contributed by atoms with Crippen LogP contribution < -0.4 is 5.73 Å². The van der Waals surface area contributed by atoms with Crippen molar-refractivity contribution in [2.24, 2.45) is 11.7 Å². The fourth-order valence-electron chi connectivity index (χ4n) is 2.40. The Kier molecular flexibility index (Phi) is 6.47. The molecule has 0 atom stereocenters. The standard InChI is InChI=1S/C14H28N2O2/c1-4-9-16(14(17)18-10-11(2)3)13-7-5-12(15)6-8-13/h11-13H,4-10,15H2,1-3H3. The summed E-state index contributed by atoms with van der Waals surface area (Å²) < 4.78 is 5.35. The summed E-state index contributed by atoms with van der Waals surface area (Å²) in [6, 6.07) is 0.640. The van der Waals surface area contributed by atoms with Crippen molar-refractivity contribution in [1.29, 1.82) is 0 Å². The Morgan fingerprint density at radius 3 is 2.44 bits per heavy atom. The first-order valence-corrected chi connectivity index (χ1v) is 7.23. The maximum atomic E-state index is 12.1. The van der Waals surface area contributed by atoms with Crippen LogP contribution in [-0.2, 0) is 4.74 Å². The van der Waals surface area contributed by atoms with E-state index in [0.29, 0.717) is 24.6 Å². The molecule has 0 bridgehead atoms. The smallest absolute Gasteiger partial charge is 0.410 e. The van der Waals surface area contributed by atoms with Gasteiger partial charge in [0.2, 0.25) is 0 Å². The van der Waals surface area contributed by atoms with Crippen molar-refractivity contribution >= 4 is 6.09 Å². The second-order valence-electron chi connectivity index (χ2n) is 5.73. The van der Waals surface area contributed by atoms with E-state index in [9.17, 15) is 4.79 Å². The minimum atomic E-state index is -0.147. The molecule has 0 radical (unpaired) electrons. The fraction of sp³-hybridized carbons (Fsp3) is 0.929. The van der Waals surface area contributed by atoms with Crippen LogP contribution in [0.25, 0.3) is 0 Å². The van der Waals surface area contributed by atoms with Gasteiger partial charge >= 0.3 is 6.09 Å². The molecule has 1 aliphatic rings. The SMILES string of the molecule is CCCN(C(=O)OCC(C)C)C1CCC(N)CC1. The summed E-state index contributed by atoms with van der Waals surface area (Å²) in [6.45, 7) is 7.49.